The van der Waals surface area contributed by atoms with Crippen LogP contribution in [0.2, 0.25) is 0 Å². The molecule has 3 aromatic rings. The molecule has 0 aliphatic heterocycles. The molecule has 0 saturated heterocycles. The second-order valence-electron chi connectivity index (χ2n) is 6.93. The van der Waals surface area contributed by atoms with Gasteiger partial charge in [0.05, 0.1) is 20.8 Å². The maximum absolute atomic E-state index is 12.4. The Hall–Kier alpha value is -3.87. The lowest BCUT2D eigenvalue weighted by atomic mass is 10.1. The Kier molecular flexibility index (Phi) is 7.22. The molecule has 160 valence electrons. The van der Waals surface area contributed by atoms with Crippen molar-refractivity contribution >= 4 is 11.8 Å². The number of rotatable bonds is 7. The number of nitrogens with zero attached hydrogens (tertiary/aromatic N) is 2. The maximum Gasteiger partial charge on any atom is 0.267 e. The largest absolute Gasteiger partial charge is 0.493 e. The van der Waals surface area contributed by atoms with E-state index >= 15 is 0 Å². The highest BCUT2D eigenvalue weighted by Gasteiger charge is 2.12. The summed E-state index contributed by atoms with van der Waals surface area (Å²) >= 11 is 0. The molecule has 0 saturated carbocycles. The van der Waals surface area contributed by atoms with Gasteiger partial charge in [0.2, 0.25) is 0 Å². The minimum atomic E-state index is -0.447. The third-order valence-electron chi connectivity index (χ3n) is 4.68. The summed E-state index contributed by atoms with van der Waals surface area (Å²) in [5, 5.41) is 2.60. The van der Waals surface area contributed by atoms with Crippen LogP contribution < -0.4 is 20.3 Å². The molecule has 0 atom stereocenters. The van der Waals surface area contributed by atoms with Crippen LogP contribution in [-0.4, -0.2) is 37.1 Å². The number of benzene rings is 2. The van der Waals surface area contributed by atoms with Gasteiger partial charge in [-0.15, -0.1) is 0 Å². The fourth-order valence-electron chi connectivity index (χ4n) is 3.00. The minimum absolute atomic E-state index is 0.216. The highest BCUT2D eigenvalue weighted by Crippen LogP contribution is 2.27. The number of aromatic nitrogens is 1. The van der Waals surface area contributed by atoms with Crippen molar-refractivity contribution in [2.45, 2.75) is 13.5 Å². The monoisotopic (exact) mass is 419 g/mol. The zero-order valence-corrected chi connectivity index (χ0v) is 17.8. The van der Waals surface area contributed by atoms with Crippen LogP contribution in [-0.2, 0) is 11.3 Å². The van der Waals surface area contributed by atoms with Crippen LogP contribution in [0.3, 0.4) is 0 Å². The average molecular weight is 419 g/mol. The first kappa shape index (κ1) is 21.8. The lowest BCUT2D eigenvalue weighted by Gasteiger charge is -2.09. The van der Waals surface area contributed by atoms with Crippen molar-refractivity contribution in [3.05, 3.63) is 89.0 Å². The molecule has 2 amide bonds. The smallest absolute Gasteiger partial charge is 0.267 e. The molecule has 0 radical (unpaired) electrons. The van der Waals surface area contributed by atoms with Gasteiger partial charge in [0.15, 0.2) is 11.5 Å². The van der Waals surface area contributed by atoms with Crippen molar-refractivity contribution in [2.24, 2.45) is 4.99 Å². The lowest BCUT2D eigenvalue weighted by Crippen LogP contribution is -2.31. The van der Waals surface area contributed by atoms with Crippen molar-refractivity contribution in [2.75, 3.05) is 20.8 Å². The summed E-state index contributed by atoms with van der Waals surface area (Å²) in [6, 6.07) is 18.5. The highest BCUT2D eigenvalue weighted by atomic mass is 16.5. The van der Waals surface area contributed by atoms with E-state index in [2.05, 4.69) is 10.3 Å². The fraction of sp³-hybridized carbons (Fsp3) is 0.208. The van der Waals surface area contributed by atoms with Gasteiger partial charge in [0.1, 0.15) is 5.49 Å². The van der Waals surface area contributed by atoms with Gasteiger partial charge >= 0.3 is 0 Å². The molecule has 1 N–H and O–H groups in total. The van der Waals surface area contributed by atoms with E-state index in [1.807, 2.05) is 54.1 Å². The molecule has 7 nitrogen and oxygen atoms in total. The molecule has 0 aliphatic rings. The number of ether oxygens (including phenoxy) is 2. The van der Waals surface area contributed by atoms with Crippen LogP contribution in [0, 0.1) is 6.92 Å². The van der Waals surface area contributed by atoms with Crippen LogP contribution in [0.25, 0.3) is 0 Å². The Morgan fingerprint density at radius 2 is 1.71 bits per heavy atom. The van der Waals surface area contributed by atoms with Gasteiger partial charge in [-0.25, -0.2) is 0 Å². The van der Waals surface area contributed by atoms with Gasteiger partial charge in [-0.05, 0) is 42.8 Å². The van der Waals surface area contributed by atoms with Crippen LogP contribution in [0.1, 0.15) is 21.5 Å². The third kappa shape index (κ3) is 5.82. The Morgan fingerprint density at radius 1 is 0.968 bits per heavy atom. The standard InChI is InChI=1S/C24H25N3O4/c1-17-7-9-18(10-8-17)16-27-13-5-4-6-22(27)26-23(28)15-25-24(29)19-11-12-20(30-2)21(14-19)31-3/h4-14H,15-16H2,1-3H3,(H,25,29). The van der Waals surface area contributed by atoms with Crippen molar-refractivity contribution in [1.29, 1.82) is 0 Å². The van der Waals surface area contributed by atoms with E-state index in [1.54, 1.807) is 24.3 Å². The van der Waals surface area contributed by atoms with Gasteiger partial charge in [-0.3, -0.25) is 9.59 Å². The van der Waals surface area contributed by atoms with E-state index in [1.165, 1.54) is 19.8 Å². The summed E-state index contributed by atoms with van der Waals surface area (Å²) in [5.41, 5.74) is 3.17. The molecule has 2 aromatic carbocycles. The molecule has 0 aliphatic carbocycles. The van der Waals surface area contributed by atoms with Crippen LogP contribution in [0.4, 0.5) is 0 Å². The SMILES string of the molecule is COc1ccc(C(=O)NCC(=O)N=c2ccccn2Cc2ccc(C)cc2)cc1OC. The van der Waals surface area contributed by atoms with E-state index < -0.39 is 11.8 Å². The predicted octanol–water partition coefficient (Wildman–Crippen LogP) is 2.72. The average Bonchev–Trinajstić information content (AvgIpc) is 2.79. The van der Waals surface area contributed by atoms with Gasteiger partial charge in [-0.1, -0.05) is 35.9 Å². The van der Waals surface area contributed by atoms with E-state index in [0.29, 0.717) is 29.1 Å². The maximum atomic E-state index is 12.4. The summed E-state index contributed by atoms with van der Waals surface area (Å²) in [7, 11) is 3.01. The highest BCUT2D eigenvalue weighted by molar-refractivity contribution is 5.97. The van der Waals surface area contributed by atoms with Crippen LogP contribution in [0.15, 0.2) is 71.9 Å². The normalized spacial score (nSPS) is 11.1. The minimum Gasteiger partial charge on any atom is -0.493 e. The molecule has 3 rings (SSSR count). The molecule has 31 heavy (non-hydrogen) atoms. The molecule has 0 spiro atoms. The number of hydrogen-bond acceptors (Lipinski definition) is 4. The third-order valence-corrected chi connectivity index (χ3v) is 4.68. The number of carbonyl (C=O) groups excluding carboxylic acids is 2. The summed E-state index contributed by atoms with van der Waals surface area (Å²) in [6.07, 6.45) is 1.87. The van der Waals surface area contributed by atoms with Gasteiger partial charge in [-0.2, -0.15) is 4.99 Å². The first-order chi connectivity index (χ1) is 15.0. The van der Waals surface area contributed by atoms with E-state index in [0.717, 1.165) is 5.56 Å². The summed E-state index contributed by atoms with van der Waals surface area (Å²) in [4.78, 5) is 28.9. The first-order valence-corrected chi connectivity index (χ1v) is 9.79. The Balaban J connectivity index is 1.69. The zero-order valence-electron chi connectivity index (χ0n) is 17.8. The predicted molar refractivity (Wildman–Crippen MR) is 117 cm³/mol. The molecule has 7 heteroatoms. The molecule has 1 heterocycles. The molecular weight excluding hydrogens is 394 g/mol. The number of pyridine rings is 1. The molecule has 0 bridgehead atoms. The number of aryl methyl sites for hydroxylation is 1. The number of carbonyl (C=O) groups is 2. The van der Waals surface area contributed by atoms with Crippen LogP contribution in [0.5, 0.6) is 11.5 Å². The topological polar surface area (TPSA) is 81.9 Å². The number of nitrogens with one attached hydrogen (secondary N) is 1. The lowest BCUT2D eigenvalue weighted by molar-refractivity contribution is -0.117. The van der Waals surface area contributed by atoms with E-state index in [-0.39, 0.29) is 6.54 Å². The van der Waals surface area contributed by atoms with Gasteiger partial charge in [0.25, 0.3) is 11.8 Å². The van der Waals surface area contributed by atoms with Crippen molar-refractivity contribution in [3.8, 4) is 11.5 Å². The molecule has 0 fully saturated rings. The molecular formula is C24H25N3O4. The number of amides is 2. The number of hydrogen-bond donors (Lipinski definition) is 1. The molecule has 1 aromatic heterocycles. The second kappa shape index (κ2) is 10.2. The summed E-state index contributed by atoms with van der Waals surface area (Å²) in [5.74, 6) is 0.114. The van der Waals surface area contributed by atoms with E-state index in [9.17, 15) is 9.59 Å². The Bertz CT molecular complexity index is 1130. The summed E-state index contributed by atoms with van der Waals surface area (Å²) < 4.78 is 12.3. The number of methoxy groups -OCH3 is 2. The van der Waals surface area contributed by atoms with Crippen LogP contribution >= 0.6 is 0 Å². The zero-order chi connectivity index (χ0) is 22.2. The van der Waals surface area contributed by atoms with Gasteiger partial charge in [0, 0.05) is 18.3 Å². The Morgan fingerprint density at radius 3 is 2.42 bits per heavy atom. The summed E-state index contributed by atoms with van der Waals surface area (Å²) in [6.45, 7) is 2.41. The van der Waals surface area contributed by atoms with Crippen molar-refractivity contribution < 1.29 is 19.1 Å². The Labute approximate surface area is 181 Å². The second-order valence-corrected chi connectivity index (χ2v) is 6.93. The quantitative estimate of drug-likeness (QED) is 0.638. The van der Waals surface area contributed by atoms with Gasteiger partial charge < -0.3 is 19.4 Å². The van der Waals surface area contributed by atoms with Crippen molar-refractivity contribution in [3.63, 3.8) is 0 Å². The fourth-order valence-corrected chi connectivity index (χ4v) is 3.00. The van der Waals surface area contributed by atoms with Crippen molar-refractivity contribution in [1.82, 2.24) is 9.88 Å². The first-order valence-electron chi connectivity index (χ1n) is 9.79. The van der Waals surface area contributed by atoms with E-state index in [4.69, 9.17) is 9.47 Å². The molecule has 0 unspecified atom stereocenters.